The number of benzene rings is 3. The maximum absolute atomic E-state index is 14.5. The lowest BCUT2D eigenvalue weighted by atomic mass is 9.80. The molecule has 0 aliphatic heterocycles. The molecule has 3 rings (SSSR count). The minimum atomic E-state index is -2.21. The molecule has 0 unspecified atom stereocenters. The molecule has 8 nitrogen and oxygen atoms in total. The summed E-state index contributed by atoms with van der Waals surface area (Å²) >= 11 is 0. The van der Waals surface area contributed by atoms with E-state index in [1.54, 1.807) is 20.3 Å². The third-order valence-corrected chi connectivity index (χ3v) is 16.7. The molecule has 8 atom stereocenters. The van der Waals surface area contributed by atoms with E-state index in [4.69, 9.17) is 28.1 Å². The molecule has 336 valence electrons. The second-order valence-electron chi connectivity index (χ2n) is 18.5. The summed E-state index contributed by atoms with van der Waals surface area (Å²) in [6.45, 7) is 30.8. The minimum absolute atomic E-state index is 0.000186. The van der Waals surface area contributed by atoms with Crippen LogP contribution in [0, 0.1) is 43.4 Å². The number of rotatable bonds is 24. The molecule has 3 aromatic carbocycles. The third-order valence-electron chi connectivity index (χ3n) is 12.3. The predicted molar refractivity (Wildman–Crippen MR) is 252 cm³/mol. The zero-order valence-corrected chi connectivity index (χ0v) is 40.6. The standard InChI is InChI=1S/C52H76O8Si/c1-16-17-19-38(5)50(58-34-43-24-28-45(56-13)29-25-43)41(8)47(53)46(51(54)59-48-36(3)20-18-21-37(48)4)31-35(2)30-39(6)49(60-61(14,15)52(9,10)11)40(7)32-57-33-42-22-26-44(55-12)27-23-42/h16-30,38-41,46-47,49-50,53H,1,31-34H2,2-15H3/b19-17-,35-30-/t38-,39-,40-,41-,46-,47-,49+,50-/m0/s1. The van der Waals surface area contributed by atoms with E-state index in [1.807, 2.05) is 107 Å². The molecule has 0 saturated carbocycles. The Morgan fingerprint density at radius 2 is 1.36 bits per heavy atom. The van der Waals surface area contributed by atoms with Crippen molar-refractivity contribution in [3.05, 3.63) is 125 Å². The lowest BCUT2D eigenvalue weighted by Gasteiger charge is -2.42. The smallest absolute Gasteiger partial charge is 0.317 e. The number of aryl methyl sites for hydroxylation is 2. The third kappa shape index (κ3) is 15.4. The monoisotopic (exact) mass is 857 g/mol. The van der Waals surface area contributed by atoms with Gasteiger partial charge in [-0.05, 0) is 97.8 Å². The summed E-state index contributed by atoms with van der Waals surface area (Å²) in [4.78, 5) is 14.5. The molecule has 0 amide bonds. The highest BCUT2D eigenvalue weighted by atomic mass is 28.4. The van der Waals surface area contributed by atoms with Crippen LogP contribution in [0.4, 0.5) is 0 Å². The summed E-state index contributed by atoms with van der Waals surface area (Å²) < 4.78 is 37.0. The highest BCUT2D eigenvalue weighted by molar-refractivity contribution is 6.74. The molecule has 0 aliphatic rings. The maximum Gasteiger partial charge on any atom is 0.317 e. The summed E-state index contributed by atoms with van der Waals surface area (Å²) in [7, 11) is 1.09. The quantitative estimate of drug-likeness (QED) is 0.0313. The Morgan fingerprint density at radius 1 is 0.820 bits per heavy atom. The van der Waals surface area contributed by atoms with Crippen molar-refractivity contribution < 1.29 is 38.0 Å². The lowest BCUT2D eigenvalue weighted by Crippen LogP contribution is -2.47. The number of methoxy groups -OCH3 is 2. The molecule has 0 aromatic heterocycles. The van der Waals surface area contributed by atoms with Gasteiger partial charge in [0.25, 0.3) is 0 Å². The highest BCUT2D eigenvalue weighted by Crippen LogP contribution is 2.40. The summed E-state index contributed by atoms with van der Waals surface area (Å²) in [6, 6.07) is 21.5. The fourth-order valence-corrected chi connectivity index (χ4v) is 8.98. The lowest BCUT2D eigenvalue weighted by molar-refractivity contribution is -0.147. The number of carbonyl (C=O) groups excluding carboxylic acids is 1. The number of hydrogen-bond donors (Lipinski definition) is 1. The fourth-order valence-electron chi connectivity index (χ4n) is 7.50. The second kappa shape index (κ2) is 24.0. The van der Waals surface area contributed by atoms with Crippen molar-refractivity contribution in [3.8, 4) is 17.2 Å². The first kappa shape index (κ1) is 51.4. The first-order valence-electron chi connectivity index (χ1n) is 21.8. The van der Waals surface area contributed by atoms with Crippen molar-refractivity contribution in [2.24, 2.45) is 29.6 Å². The number of aliphatic hydroxyl groups excluding tert-OH is 1. The number of allylic oxidation sites excluding steroid dienone is 3. The molecule has 0 fully saturated rings. The van der Waals surface area contributed by atoms with E-state index in [2.05, 4.69) is 67.3 Å². The van der Waals surface area contributed by atoms with Crippen LogP contribution in [0.5, 0.6) is 17.2 Å². The first-order valence-corrected chi connectivity index (χ1v) is 24.7. The van der Waals surface area contributed by atoms with Crippen molar-refractivity contribution in [3.63, 3.8) is 0 Å². The normalized spacial score (nSPS) is 16.5. The average Bonchev–Trinajstić information content (AvgIpc) is 3.22. The van der Waals surface area contributed by atoms with Crippen LogP contribution in [0.25, 0.3) is 0 Å². The van der Waals surface area contributed by atoms with Crippen molar-refractivity contribution in [2.45, 2.75) is 125 Å². The number of hydrogen-bond acceptors (Lipinski definition) is 8. The molecule has 0 heterocycles. The van der Waals surface area contributed by atoms with Crippen LogP contribution in [-0.4, -0.2) is 58.5 Å². The van der Waals surface area contributed by atoms with Crippen molar-refractivity contribution in [2.75, 3.05) is 20.8 Å². The van der Waals surface area contributed by atoms with Gasteiger partial charge in [0.15, 0.2) is 8.32 Å². The van der Waals surface area contributed by atoms with Gasteiger partial charge < -0.3 is 33.2 Å². The number of aliphatic hydroxyl groups is 1. The number of para-hydroxylation sites is 1. The Balaban J connectivity index is 1.97. The van der Waals surface area contributed by atoms with Crippen molar-refractivity contribution >= 4 is 14.3 Å². The van der Waals surface area contributed by atoms with Crippen LogP contribution in [0.2, 0.25) is 18.1 Å². The molecule has 3 aromatic rings. The van der Waals surface area contributed by atoms with Crippen LogP contribution in [-0.2, 0) is 31.9 Å². The molecule has 61 heavy (non-hydrogen) atoms. The molecule has 0 aliphatic carbocycles. The number of esters is 1. The Bertz CT molecular complexity index is 1840. The molecular formula is C52H76O8Si. The molecule has 9 heteroatoms. The minimum Gasteiger partial charge on any atom is -0.497 e. The van der Waals surface area contributed by atoms with Gasteiger partial charge in [0, 0.05) is 17.8 Å². The van der Waals surface area contributed by atoms with Gasteiger partial charge in [-0.15, -0.1) is 0 Å². The van der Waals surface area contributed by atoms with Gasteiger partial charge in [-0.2, -0.15) is 0 Å². The second-order valence-corrected chi connectivity index (χ2v) is 23.2. The molecular weight excluding hydrogens is 781 g/mol. The van der Waals surface area contributed by atoms with Crippen molar-refractivity contribution in [1.82, 2.24) is 0 Å². The molecule has 0 spiro atoms. The first-order chi connectivity index (χ1) is 28.7. The van der Waals surface area contributed by atoms with Gasteiger partial charge >= 0.3 is 5.97 Å². The largest absolute Gasteiger partial charge is 0.497 e. The summed E-state index contributed by atoms with van der Waals surface area (Å²) in [5.41, 5.74) is 4.72. The Labute approximate surface area is 369 Å². The van der Waals surface area contributed by atoms with E-state index in [-0.39, 0.29) is 35.3 Å². The average molecular weight is 857 g/mol. The van der Waals surface area contributed by atoms with Gasteiger partial charge in [-0.3, -0.25) is 4.79 Å². The van der Waals surface area contributed by atoms with E-state index < -0.39 is 38.3 Å². The van der Waals surface area contributed by atoms with E-state index >= 15 is 0 Å². The maximum atomic E-state index is 14.5. The van der Waals surface area contributed by atoms with Gasteiger partial charge in [0.1, 0.15) is 17.2 Å². The molecule has 1 N–H and O–H groups in total. The summed E-state index contributed by atoms with van der Waals surface area (Å²) in [5.74, 6) is 0.217. The SMILES string of the molecule is C=C/C=C\[C@H](C)[C@H](OCc1ccc(OC)cc1)[C@@H](C)[C@H](O)[C@H](C/C(C)=C\[C@H](C)[C@@H](O[Si](C)(C)C(C)(C)C)[C@@H](C)COCc1ccc(OC)cc1)C(=O)Oc1c(C)cccc1C. The van der Waals surface area contributed by atoms with Crippen LogP contribution >= 0.6 is 0 Å². The van der Waals surface area contributed by atoms with E-state index in [9.17, 15) is 9.90 Å². The summed E-state index contributed by atoms with van der Waals surface area (Å²) in [6.07, 6.45) is 6.46. The molecule has 0 radical (unpaired) electrons. The predicted octanol–water partition coefficient (Wildman–Crippen LogP) is 12.0. The fraction of sp³-hybridized carbons (Fsp3) is 0.519. The van der Waals surface area contributed by atoms with Crippen LogP contribution < -0.4 is 14.2 Å². The topological polar surface area (TPSA) is 92.7 Å². The number of carbonyl (C=O) groups is 1. The summed E-state index contributed by atoms with van der Waals surface area (Å²) in [5, 5.41) is 12.4. The number of ether oxygens (including phenoxy) is 5. The van der Waals surface area contributed by atoms with Gasteiger partial charge in [-0.1, -0.05) is 127 Å². The van der Waals surface area contributed by atoms with E-state index in [0.29, 0.717) is 25.6 Å². The van der Waals surface area contributed by atoms with Gasteiger partial charge in [-0.25, -0.2) is 0 Å². The van der Waals surface area contributed by atoms with Crippen LogP contribution in [0.3, 0.4) is 0 Å². The zero-order valence-electron chi connectivity index (χ0n) is 39.6. The molecule has 0 saturated heterocycles. The Hall–Kier alpha value is -3.99. The molecule has 0 bridgehead atoms. The Morgan fingerprint density at radius 3 is 1.87 bits per heavy atom. The zero-order chi connectivity index (χ0) is 45.5. The highest BCUT2D eigenvalue weighted by Gasteiger charge is 2.42. The van der Waals surface area contributed by atoms with Crippen LogP contribution in [0.15, 0.2) is 103 Å². The van der Waals surface area contributed by atoms with E-state index in [1.165, 1.54) is 0 Å². The van der Waals surface area contributed by atoms with Gasteiger partial charge in [0.05, 0.1) is 58.3 Å². The Kier molecular flexibility index (Phi) is 20.2. The van der Waals surface area contributed by atoms with Crippen molar-refractivity contribution in [1.29, 1.82) is 0 Å². The van der Waals surface area contributed by atoms with Crippen LogP contribution in [0.1, 0.15) is 84.1 Å². The van der Waals surface area contributed by atoms with Gasteiger partial charge in [0.2, 0.25) is 0 Å². The van der Waals surface area contributed by atoms with E-state index in [0.717, 1.165) is 39.3 Å².